The molecule has 0 saturated heterocycles. The van der Waals surface area contributed by atoms with E-state index in [1.54, 1.807) is 47.6 Å². The largest absolute Gasteiger partial charge is 0.324 e. The smallest absolute Gasteiger partial charge is 0.228 e. The molecule has 3 rings (SSSR count). The van der Waals surface area contributed by atoms with Crippen molar-refractivity contribution in [1.29, 1.82) is 0 Å². The number of para-hydroxylation sites is 2. The molecule has 4 nitrogen and oxygen atoms in total. The van der Waals surface area contributed by atoms with Crippen molar-refractivity contribution in [3.63, 3.8) is 0 Å². The van der Waals surface area contributed by atoms with Crippen LogP contribution in [0.2, 0.25) is 0 Å². The second kappa shape index (κ2) is 6.22. The van der Waals surface area contributed by atoms with Crippen LogP contribution in [0.5, 0.6) is 0 Å². The molecule has 0 unspecified atom stereocenters. The zero-order valence-electron chi connectivity index (χ0n) is 11.7. The summed E-state index contributed by atoms with van der Waals surface area (Å²) in [5, 5.41) is 2.82. The third kappa shape index (κ3) is 3.03. The van der Waals surface area contributed by atoms with Gasteiger partial charge in [0, 0.05) is 12.4 Å². The number of imidazole rings is 1. The summed E-state index contributed by atoms with van der Waals surface area (Å²) in [5.41, 5.74) is 1.84. The summed E-state index contributed by atoms with van der Waals surface area (Å²) in [6.45, 7) is 0. The predicted octanol–water partition coefficient (Wildman–Crippen LogP) is 3.19. The van der Waals surface area contributed by atoms with Crippen LogP contribution in [0.4, 0.5) is 10.1 Å². The topological polar surface area (TPSA) is 46.9 Å². The standard InChI is InChI=1S/C17H14FN3O/c18-14-6-2-1-5-13(14)11-17(22)20-15-7-3-4-8-16(15)21-10-9-19-12-21/h1-10,12H,11H2,(H,20,22). The molecule has 0 atom stereocenters. The number of amides is 1. The van der Waals surface area contributed by atoms with Crippen molar-refractivity contribution < 1.29 is 9.18 Å². The first-order valence-corrected chi connectivity index (χ1v) is 6.84. The first-order valence-electron chi connectivity index (χ1n) is 6.84. The molecule has 3 aromatic rings. The van der Waals surface area contributed by atoms with Gasteiger partial charge < -0.3 is 9.88 Å². The fraction of sp³-hybridized carbons (Fsp3) is 0.0588. The van der Waals surface area contributed by atoms with Crippen molar-refractivity contribution >= 4 is 11.6 Å². The minimum atomic E-state index is -0.374. The zero-order valence-corrected chi connectivity index (χ0v) is 11.7. The highest BCUT2D eigenvalue weighted by atomic mass is 19.1. The third-order valence-electron chi connectivity index (χ3n) is 3.27. The molecule has 0 spiro atoms. The molecule has 1 aromatic heterocycles. The normalized spacial score (nSPS) is 10.4. The number of hydrogen-bond acceptors (Lipinski definition) is 2. The number of anilines is 1. The fourth-order valence-corrected chi connectivity index (χ4v) is 2.22. The van der Waals surface area contributed by atoms with Gasteiger partial charge in [-0.25, -0.2) is 9.37 Å². The van der Waals surface area contributed by atoms with E-state index in [1.807, 2.05) is 18.2 Å². The van der Waals surface area contributed by atoms with E-state index in [0.717, 1.165) is 5.69 Å². The molecule has 0 radical (unpaired) electrons. The van der Waals surface area contributed by atoms with E-state index < -0.39 is 0 Å². The highest BCUT2D eigenvalue weighted by Crippen LogP contribution is 2.20. The van der Waals surface area contributed by atoms with Crippen LogP contribution in [0, 0.1) is 5.82 Å². The molecule has 0 aliphatic carbocycles. The van der Waals surface area contributed by atoms with Crippen LogP contribution in [-0.4, -0.2) is 15.5 Å². The van der Waals surface area contributed by atoms with Crippen molar-refractivity contribution in [2.45, 2.75) is 6.42 Å². The number of carbonyl (C=O) groups excluding carboxylic acids is 1. The lowest BCUT2D eigenvalue weighted by atomic mass is 10.1. The molecule has 0 bridgehead atoms. The molecule has 0 aliphatic heterocycles. The Hall–Kier alpha value is -2.95. The lowest BCUT2D eigenvalue weighted by Crippen LogP contribution is -2.16. The molecule has 22 heavy (non-hydrogen) atoms. The van der Waals surface area contributed by atoms with Gasteiger partial charge in [0.25, 0.3) is 0 Å². The van der Waals surface area contributed by atoms with Crippen molar-refractivity contribution in [3.05, 3.63) is 78.6 Å². The molecule has 1 amide bonds. The summed E-state index contributed by atoms with van der Waals surface area (Å²) in [4.78, 5) is 16.2. The summed E-state index contributed by atoms with van der Waals surface area (Å²) < 4.78 is 15.4. The van der Waals surface area contributed by atoms with E-state index in [1.165, 1.54) is 6.07 Å². The molecular formula is C17H14FN3O. The SMILES string of the molecule is O=C(Cc1ccccc1F)Nc1ccccc1-n1ccnc1. The van der Waals surface area contributed by atoms with Crippen LogP contribution in [0.25, 0.3) is 5.69 Å². The van der Waals surface area contributed by atoms with E-state index >= 15 is 0 Å². The second-order valence-electron chi connectivity index (χ2n) is 4.80. The summed E-state index contributed by atoms with van der Waals surface area (Å²) in [6.07, 6.45) is 5.10. The quantitative estimate of drug-likeness (QED) is 0.803. The Morgan fingerprint density at radius 2 is 1.91 bits per heavy atom. The summed E-state index contributed by atoms with van der Waals surface area (Å²) in [7, 11) is 0. The average molecular weight is 295 g/mol. The van der Waals surface area contributed by atoms with Gasteiger partial charge >= 0.3 is 0 Å². The molecule has 110 valence electrons. The minimum absolute atomic E-state index is 0.00899. The van der Waals surface area contributed by atoms with Gasteiger partial charge in [0.1, 0.15) is 5.82 Å². The highest BCUT2D eigenvalue weighted by Gasteiger charge is 2.10. The number of aromatic nitrogens is 2. The highest BCUT2D eigenvalue weighted by molar-refractivity contribution is 5.94. The average Bonchev–Trinajstić information content (AvgIpc) is 3.04. The Balaban J connectivity index is 1.79. The number of carbonyl (C=O) groups is 1. The first-order chi connectivity index (χ1) is 10.7. The third-order valence-corrected chi connectivity index (χ3v) is 3.27. The van der Waals surface area contributed by atoms with Gasteiger partial charge in [0.15, 0.2) is 0 Å². The van der Waals surface area contributed by atoms with Gasteiger partial charge in [-0.1, -0.05) is 30.3 Å². The molecule has 0 saturated carbocycles. The molecule has 0 fully saturated rings. The van der Waals surface area contributed by atoms with Gasteiger partial charge in [0.2, 0.25) is 5.91 Å². The number of halogens is 1. The molecule has 1 heterocycles. The molecule has 1 N–H and O–H groups in total. The van der Waals surface area contributed by atoms with Crippen LogP contribution in [0.1, 0.15) is 5.56 Å². The number of nitrogens with one attached hydrogen (secondary N) is 1. The van der Waals surface area contributed by atoms with Gasteiger partial charge in [0.05, 0.1) is 24.1 Å². The van der Waals surface area contributed by atoms with Crippen molar-refractivity contribution in [2.24, 2.45) is 0 Å². The van der Waals surface area contributed by atoms with Gasteiger partial charge in [-0.3, -0.25) is 4.79 Å². The molecule has 2 aromatic carbocycles. The van der Waals surface area contributed by atoms with Crippen molar-refractivity contribution in [1.82, 2.24) is 9.55 Å². The van der Waals surface area contributed by atoms with E-state index in [9.17, 15) is 9.18 Å². The maximum atomic E-state index is 13.6. The van der Waals surface area contributed by atoms with Crippen LogP contribution >= 0.6 is 0 Å². The summed E-state index contributed by atoms with van der Waals surface area (Å²) >= 11 is 0. The van der Waals surface area contributed by atoms with E-state index in [-0.39, 0.29) is 18.1 Å². The Morgan fingerprint density at radius 3 is 2.68 bits per heavy atom. The van der Waals surface area contributed by atoms with Crippen molar-refractivity contribution in [3.8, 4) is 5.69 Å². The minimum Gasteiger partial charge on any atom is -0.324 e. The lowest BCUT2D eigenvalue weighted by molar-refractivity contribution is -0.115. The number of nitrogens with zero attached hydrogens (tertiary/aromatic N) is 2. The van der Waals surface area contributed by atoms with E-state index in [2.05, 4.69) is 10.3 Å². The van der Waals surface area contributed by atoms with Crippen LogP contribution in [0.15, 0.2) is 67.3 Å². The lowest BCUT2D eigenvalue weighted by Gasteiger charge is -2.11. The number of hydrogen-bond donors (Lipinski definition) is 1. The predicted molar refractivity (Wildman–Crippen MR) is 82.3 cm³/mol. The van der Waals surface area contributed by atoms with Crippen LogP contribution in [0.3, 0.4) is 0 Å². The van der Waals surface area contributed by atoms with E-state index in [4.69, 9.17) is 0 Å². The Kier molecular flexibility index (Phi) is 3.96. The van der Waals surface area contributed by atoms with Crippen LogP contribution in [-0.2, 0) is 11.2 Å². The summed E-state index contributed by atoms with van der Waals surface area (Å²) in [6, 6.07) is 13.7. The van der Waals surface area contributed by atoms with E-state index in [0.29, 0.717) is 11.3 Å². The Labute approximate surface area is 127 Å². The number of benzene rings is 2. The van der Waals surface area contributed by atoms with Crippen LogP contribution < -0.4 is 5.32 Å². The second-order valence-corrected chi connectivity index (χ2v) is 4.80. The fourth-order valence-electron chi connectivity index (χ4n) is 2.22. The monoisotopic (exact) mass is 295 g/mol. The maximum absolute atomic E-state index is 13.6. The number of rotatable bonds is 4. The zero-order chi connectivity index (χ0) is 15.4. The van der Waals surface area contributed by atoms with Gasteiger partial charge in [-0.05, 0) is 23.8 Å². The molecule has 5 heteroatoms. The maximum Gasteiger partial charge on any atom is 0.228 e. The Morgan fingerprint density at radius 1 is 1.14 bits per heavy atom. The Bertz CT molecular complexity index is 784. The summed E-state index contributed by atoms with van der Waals surface area (Å²) in [5.74, 6) is -0.641. The first kappa shape index (κ1) is 14.0. The molecular weight excluding hydrogens is 281 g/mol. The van der Waals surface area contributed by atoms with Gasteiger partial charge in [-0.15, -0.1) is 0 Å². The van der Waals surface area contributed by atoms with Crippen molar-refractivity contribution in [2.75, 3.05) is 5.32 Å². The molecule has 0 aliphatic rings. The van der Waals surface area contributed by atoms with Gasteiger partial charge in [-0.2, -0.15) is 0 Å².